The Morgan fingerprint density at radius 3 is 2.27 bits per heavy atom. The highest BCUT2D eigenvalue weighted by molar-refractivity contribution is 6.24. The van der Waals surface area contributed by atoms with Gasteiger partial charge in [0, 0.05) is 11.8 Å². The van der Waals surface area contributed by atoms with Crippen molar-refractivity contribution < 1.29 is 19.2 Å². The Kier molecular flexibility index (Phi) is 3.89. The maximum absolute atomic E-state index is 13.5. The number of primary amides is 1. The number of hydrogen-bond donors (Lipinski definition) is 1. The molecule has 2 saturated heterocycles. The van der Waals surface area contributed by atoms with E-state index in [-0.39, 0.29) is 11.7 Å². The summed E-state index contributed by atoms with van der Waals surface area (Å²) in [6, 6.07) is 12.6. The van der Waals surface area contributed by atoms with Crippen LogP contribution in [-0.4, -0.2) is 34.4 Å². The van der Waals surface area contributed by atoms with Crippen molar-refractivity contribution in [2.24, 2.45) is 17.6 Å². The summed E-state index contributed by atoms with van der Waals surface area (Å²) in [5, 5.41) is 0. The minimum Gasteiger partial charge on any atom is -0.368 e. The molecule has 0 saturated carbocycles. The van der Waals surface area contributed by atoms with Gasteiger partial charge in [-0.15, -0.1) is 0 Å². The van der Waals surface area contributed by atoms with Crippen LogP contribution >= 0.6 is 0 Å². The highest BCUT2D eigenvalue weighted by atomic mass is 16.2. The molecule has 0 aliphatic carbocycles. The molecule has 2 aromatic rings. The van der Waals surface area contributed by atoms with Crippen LogP contribution in [0.5, 0.6) is 0 Å². The van der Waals surface area contributed by atoms with Gasteiger partial charge >= 0.3 is 0 Å². The fraction of sp³-hybridized carbons (Fsp3) is 0.217. The minimum absolute atomic E-state index is 0.104. The molecular formula is C23H19N3O4. The van der Waals surface area contributed by atoms with Crippen LogP contribution < -0.4 is 10.6 Å². The lowest BCUT2D eigenvalue weighted by Gasteiger charge is -2.34. The molecule has 5 rings (SSSR count). The zero-order chi connectivity index (χ0) is 21.2. The van der Waals surface area contributed by atoms with Gasteiger partial charge < -0.3 is 10.6 Å². The normalized spacial score (nSPS) is 26.4. The number of nitrogens with two attached hydrogens (primary N) is 1. The predicted octanol–water partition coefficient (Wildman–Crippen LogP) is 1.89. The number of rotatable bonds is 3. The van der Waals surface area contributed by atoms with Gasteiger partial charge in [0.05, 0.1) is 23.6 Å². The molecule has 7 heteroatoms. The van der Waals surface area contributed by atoms with Crippen molar-refractivity contribution in [2.45, 2.75) is 19.0 Å². The van der Waals surface area contributed by atoms with E-state index < -0.39 is 35.7 Å². The van der Waals surface area contributed by atoms with E-state index in [9.17, 15) is 19.2 Å². The van der Waals surface area contributed by atoms with Crippen LogP contribution in [0.4, 0.5) is 5.69 Å². The molecule has 2 fully saturated rings. The molecule has 0 unspecified atom stereocenters. The van der Waals surface area contributed by atoms with Crippen LogP contribution in [0.3, 0.4) is 0 Å². The van der Waals surface area contributed by atoms with E-state index in [2.05, 4.69) is 0 Å². The fourth-order valence-electron chi connectivity index (χ4n) is 4.98. The average Bonchev–Trinajstić information content (AvgIpc) is 3.21. The number of ketones is 1. The maximum atomic E-state index is 13.5. The number of fused-ring (bicyclic) bond motifs is 5. The first-order valence-corrected chi connectivity index (χ1v) is 9.73. The zero-order valence-electron chi connectivity index (χ0n) is 16.2. The summed E-state index contributed by atoms with van der Waals surface area (Å²) in [4.78, 5) is 53.6. The largest absolute Gasteiger partial charge is 0.368 e. The first-order chi connectivity index (χ1) is 14.4. The summed E-state index contributed by atoms with van der Waals surface area (Å²) >= 11 is 0. The lowest BCUT2D eigenvalue weighted by molar-refractivity contribution is -0.129. The van der Waals surface area contributed by atoms with Gasteiger partial charge in [-0.2, -0.15) is 0 Å². The van der Waals surface area contributed by atoms with Crippen molar-refractivity contribution in [3.63, 3.8) is 0 Å². The first kappa shape index (κ1) is 18.3. The summed E-state index contributed by atoms with van der Waals surface area (Å²) in [6.45, 7) is 1.45. The van der Waals surface area contributed by atoms with Crippen LogP contribution in [0.25, 0.3) is 6.08 Å². The summed E-state index contributed by atoms with van der Waals surface area (Å²) in [7, 11) is 0. The van der Waals surface area contributed by atoms with Crippen molar-refractivity contribution in [3.05, 3.63) is 71.4 Å². The maximum Gasteiger partial charge on any atom is 0.240 e. The zero-order valence-corrected chi connectivity index (χ0v) is 16.2. The fourth-order valence-corrected chi connectivity index (χ4v) is 4.98. The number of carbonyl (C=O) groups is 4. The van der Waals surface area contributed by atoms with Gasteiger partial charge in [0.1, 0.15) is 6.04 Å². The molecule has 7 nitrogen and oxygen atoms in total. The molecule has 2 N–H and O–H groups in total. The van der Waals surface area contributed by atoms with Crippen LogP contribution in [0.1, 0.15) is 34.5 Å². The molecular weight excluding hydrogens is 382 g/mol. The Morgan fingerprint density at radius 1 is 0.933 bits per heavy atom. The Bertz CT molecular complexity index is 1140. The molecule has 0 radical (unpaired) electrons. The second kappa shape index (κ2) is 6.38. The van der Waals surface area contributed by atoms with E-state index in [0.29, 0.717) is 11.3 Å². The standard InChI is InChI=1S/C23H19N3O4/c1-12(27)13-6-8-15(9-7-13)26-22(29)17-18(23(26)30)20(21(24)28)25-11-10-14-4-2-3-5-16(14)19(17)25/h2-11,17-20H,1H3,(H2,24,28)/t17-,18+,19-,20-/m0/s1. The van der Waals surface area contributed by atoms with E-state index in [4.69, 9.17) is 5.73 Å². The van der Waals surface area contributed by atoms with Gasteiger partial charge in [-0.05, 0) is 48.4 Å². The van der Waals surface area contributed by atoms with Crippen LogP contribution in [-0.2, 0) is 14.4 Å². The Balaban J connectivity index is 1.60. The summed E-state index contributed by atoms with van der Waals surface area (Å²) in [5.74, 6) is -3.11. The van der Waals surface area contributed by atoms with Crippen LogP contribution in [0.2, 0.25) is 0 Å². The Morgan fingerprint density at radius 2 is 1.60 bits per heavy atom. The number of anilines is 1. The Labute approximate surface area is 172 Å². The van der Waals surface area contributed by atoms with Crippen LogP contribution in [0.15, 0.2) is 54.7 Å². The summed E-state index contributed by atoms with van der Waals surface area (Å²) in [5.41, 5.74) is 8.42. The van der Waals surface area contributed by atoms with Crippen molar-refractivity contribution in [1.82, 2.24) is 4.90 Å². The van der Waals surface area contributed by atoms with Crippen molar-refractivity contribution in [1.29, 1.82) is 0 Å². The molecule has 3 aliphatic heterocycles. The molecule has 30 heavy (non-hydrogen) atoms. The summed E-state index contributed by atoms with van der Waals surface area (Å²) < 4.78 is 0. The molecule has 0 aromatic heterocycles. The van der Waals surface area contributed by atoms with E-state index in [0.717, 1.165) is 16.0 Å². The average molecular weight is 401 g/mol. The van der Waals surface area contributed by atoms with Crippen molar-refractivity contribution in [3.8, 4) is 0 Å². The number of carbonyl (C=O) groups excluding carboxylic acids is 4. The van der Waals surface area contributed by atoms with E-state index >= 15 is 0 Å². The third kappa shape index (κ3) is 2.38. The molecule has 0 bridgehead atoms. The monoisotopic (exact) mass is 401 g/mol. The number of hydrogen-bond acceptors (Lipinski definition) is 5. The number of Topliss-reactive ketones (excluding diaryl/α,β-unsaturated/α-hetero) is 1. The molecule has 2 aromatic carbocycles. The second-order valence-electron chi connectivity index (χ2n) is 7.85. The lowest BCUT2D eigenvalue weighted by atomic mass is 9.84. The second-order valence-corrected chi connectivity index (χ2v) is 7.85. The lowest BCUT2D eigenvalue weighted by Crippen LogP contribution is -2.46. The van der Waals surface area contributed by atoms with Crippen molar-refractivity contribution in [2.75, 3.05) is 4.90 Å². The van der Waals surface area contributed by atoms with Gasteiger partial charge in [0.2, 0.25) is 17.7 Å². The highest BCUT2D eigenvalue weighted by Gasteiger charge is 2.64. The Hall–Kier alpha value is -3.74. The quantitative estimate of drug-likeness (QED) is 0.625. The predicted molar refractivity (Wildman–Crippen MR) is 109 cm³/mol. The molecule has 3 amide bonds. The van der Waals surface area contributed by atoms with Gasteiger partial charge in [0.15, 0.2) is 5.78 Å². The third-order valence-corrected chi connectivity index (χ3v) is 6.29. The molecule has 150 valence electrons. The number of imide groups is 1. The SMILES string of the molecule is CC(=O)c1ccc(N2C(=O)[C@@H]3[C@H](C2=O)[C@@H]2c4ccccc4C=CN2[C@@H]3C(N)=O)cc1. The van der Waals surface area contributed by atoms with Gasteiger partial charge in [-0.3, -0.25) is 19.2 Å². The van der Waals surface area contributed by atoms with E-state index in [1.54, 1.807) is 35.4 Å². The smallest absolute Gasteiger partial charge is 0.240 e. The third-order valence-electron chi connectivity index (χ3n) is 6.29. The van der Waals surface area contributed by atoms with Crippen molar-refractivity contribution >= 4 is 35.3 Å². The van der Waals surface area contributed by atoms with Crippen LogP contribution in [0, 0.1) is 11.8 Å². The van der Waals surface area contributed by atoms with E-state index in [1.807, 2.05) is 30.3 Å². The summed E-state index contributed by atoms with van der Waals surface area (Å²) in [6.07, 6.45) is 3.63. The molecule has 0 spiro atoms. The minimum atomic E-state index is -0.900. The van der Waals surface area contributed by atoms with Gasteiger partial charge in [-0.1, -0.05) is 24.3 Å². The molecule has 4 atom stereocenters. The van der Waals surface area contributed by atoms with E-state index in [1.165, 1.54) is 6.92 Å². The molecule has 3 aliphatic rings. The topological polar surface area (TPSA) is 101 Å². The number of amides is 3. The molecule has 3 heterocycles. The first-order valence-electron chi connectivity index (χ1n) is 9.73. The van der Waals surface area contributed by atoms with Gasteiger partial charge in [0.25, 0.3) is 0 Å². The van der Waals surface area contributed by atoms with Gasteiger partial charge in [-0.25, -0.2) is 4.90 Å². The number of benzene rings is 2. The number of nitrogens with zero attached hydrogens (tertiary/aromatic N) is 2. The highest BCUT2D eigenvalue weighted by Crippen LogP contribution is 2.52.